The molecule has 0 fully saturated rings. The van der Waals surface area contributed by atoms with Gasteiger partial charge in [0.05, 0.1) is 16.8 Å². The van der Waals surface area contributed by atoms with Crippen LogP contribution in [0.15, 0.2) is 53.0 Å². The van der Waals surface area contributed by atoms with Crippen LogP contribution < -0.4 is 4.74 Å². The monoisotopic (exact) mass is 474 g/mol. The molecule has 2 aromatic carbocycles. The van der Waals surface area contributed by atoms with Gasteiger partial charge in [-0.3, -0.25) is 4.79 Å². The van der Waals surface area contributed by atoms with E-state index in [-0.39, 0.29) is 15.4 Å². The van der Waals surface area contributed by atoms with Crippen LogP contribution in [0.5, 0.6) is 5.75 Å². The van der Waals surface area contributed by atoms with Gasteiger partial charge in [-0.05, 0) is 42.0 Å². The Balaban J connectivity index is 2.17. The van der Waals surface area contributed by atoms with Crippen LogP contribution in [0.4, 0.5) is 0 Å². The number of ketones is 1. The highest BCUT2D eigenvalue weighted by Gasteiger charge is 2.26. The third kappa shape index (κ3) is 4.18. The summed E-state index contributed by atoms with van der Waals surface area (Å²) in [6, 6.07) is 15.0. The number of halogens is 3. The fourth-order valence-corrected chi connectivity index (χ4v) is 3.41. The number of ether oxygens (including phenoxy) is 1. The molecule has 0 radical (unpaired) electrons. The maximum atomic E-state index is 12.5. The van der Waals surface area contributed by atoms with E-state index in [4.69, 9.17) is 4.74 Å². The van der Waals surface area contributed by atoms with E-state index in [9.17, 15) is 4.79 Å². The summed E-state index contributed by atoms with van der Waals surface area (Å²) in [6.45, 7) is 0. The molecule has 0 saturated carbocycles. The van der Waals surface area contributed by atoms with E-state index in [0.29, 0.717) is 5.56 Å². The van der Waals surface area contributed by atoms with Gasteiger partial charge in [-0.25, -0.2) is 0 Å². The Morgan fingerprint density at radius 3 is 2.33 bits per heavy atom. The Morgan fingerprint density at radius 1 is 1.10 bits per heavy atom. The summed E-state index contributed by atoms with van der Waals surface area (Å²) in [7, 11) is 1.60. The van der Waals surface area contributed by atoms with Crippen molar-refractivity contribution in [2.45, 2.75) is 9.65 Å². The van der Waals surface area contributed by atoms with E-state index in [2.05, 4.69) is 47.8 Å². The second kappa shape index (κ2) is 7.56. The fraction of sp³-hybridized carbons (Fsp3) is 0.188. The van der Waals surface area contributed by atoms with Gasteiger partial charge >= 0.3 is 0 Å². The molecular formula is C16H13Br3O2. The summed E-state index contributed by atoms with van der Waals surface area (Å²) >= 11 is 10.5. The Hall–Kier alpha value is -0.650. The summed E-state index contributed by atoms with van der Waals surface area (Å²) in [6.07, 6.45) is 0. The number of carbonyl (C=O) groups excluding carboxylic acids is 1. The topological polar surface area (TPSA) is 26.3 Å². The van der Waals surface area contributed by atoms with Crippen molar-refractivity contribution in [3.05, 3.63) is 64.1 Å². The van der Waals surface area contributed by atoms with Gasteiger partial charge in [0.2, 0.25) is 0 Å². The first-order valence-electron chi connectivity index (χ1n) is 6.25. The van der Waals surface area contributed by atoms with Crippen molar-refractivity contribution in [1.29, 1.82) is 0 Å². The van der Waals surface area contributed by atoms with Gasteiger partial charge in [0.25, 0.3) is 0 Å². The minimum absolute atomic E-state index is 0.0273. The number of benzene rings is 2. The fourth-order valence-electron chi connectivity index (χ4n) is 1.89. The molecule has 0 spiro atoms. The molecule has 5 heteroatoms. The maximum absolute atomic E-state index is 12.5. The zero-order valence-corrected chi connectivity index (χ0v) is 16.0. The Labute approximate surface area is 149 Å². The van der Waals surface area contributed by atoms with Crippen LogP contribution in [-0.4, -0.2) is 17.7 Å². The molecule has 2 nitrogen and oxygen atoms in total. The van der Waals surface area contributed by atoms with Crippen molar-refractivity contribution in [3.63, 3.8) is 0 Å². The van der Waals surface area contributed by atoms with E-state index < -0.39 is 0 Å². The summed E-state index contributed by atoms with van der Waals surface area (Å²) in [5.41, 5.74) is 1.69. The van der Waals surface area contributed by atoms with E-state index in [0.717, 1.165) is 15.8 Å². The van der Waals surface area contributed by atoms with Gasteiger partial charge in [0, 0.05) is 10.0 Å². The van der Waals surface area contributed by atoms with Crippen LogP contribution in [0.1, 0.15) is 20.7 Å². The summed E-state index contributed by atoms with van der Waals surface area (Å²) in [5.74, 6) is 0.763. The van der Waals surface area contributed by atoms with Gasteiger partial charge in [-0.15, -0.1) is 0 Å². The number of hydrogen-bond donors (Lipinski definition) is 0. The smallest absolute Gasteiger partial charge is 0.177 e. The molecule has 0 aliphatic carbocycles. The number of rotatable bonds is 5. The molecule has 0 saturated heterocycles. The second-order valence-corrected chi connectivity index (χ2v) is 7.34. The molecule has 2 rings (SSSR count). The molecule has 0 aliphatic rings. The Bertz CT molecular complexity index is 626. The van der Waals surface area contributed by atoms with E-state index in [1.54, 1.807) is 31.4 Å². The van der Waals surface area contributed by atoms with Crippen molar-refractivity contribution >= 4 is 53.6 Å². The van der Waals surface area contributed by atoms with Crippen molar-refractivity contribution in [1.82, 2.24) is 0 Å². The predicted molar refractivity (Wildman–Crippen MR) is 95.8 cm³/mol. The molecule has 0 aromatic heterocycles. The molecule has 0 heterocycles. The highest BCUT2D eigenvalue weighted by Crippen LogP contribution is 2.34. The van der Waals surface area contributed by atoms with Crippen LogP contribution in [0.25, 0.3) is 0 Å². The maximum Gasteiger partial charge on any atom is 0.177 e. The number of Topliss-reactive ketones (excluding diaryl/α,β-unsaturated/α-hetero) is 1. The van der Waals surface area contributed by atoms with Crippen molar-refractivity contribution < 1.29 is 9.53 Å². The number of alkyl halides is 2. The molecule has 0 N–H and O–H groups in total. The lowest BCUT2D eigenvalue weighted by molar-refractivity contribution is 0.0991. The average Bonchev–Trinajstić information content (AvgIpc) is 2.53. The first-order valence-corrected chi connectivity index (χ1v) is 8.87. The van der Waals surface area contributed by atoms with Crippen molar-refractivity contribution in [2.75, 3.05) is 7.11 Å². The minimum Gasteiger partial charge on any atom is -0.497 e. The first-order chi connectivity index (χ1) is 10.0. The summed E-state index contributed by atoms with van der Waals surface area (Å²) in [4.78, 5) is 12.1. The zero-order chi connectivity index (χ0) is 15.4. The van der Waals surface area contributed by atoms with Crippen LogP contribution in [0.2, 0.25) is 0 Å². The van der Waals surface area contributed by atoms with Crippen LogP contribution in [-0.2, 0) is 0 Å². The molecule has 21 heavy (non-hydrogen) atoms. The highest BCUT2D eigenvalue weighted by atomic mass is 79.9. The van der Waals surface area contributed by atoms with Crippen molar-refractivity contribution in [2.24, 2.45) is 0 Å². The van der Waals surface area contributed by atoms with Gasteiger partial charge in [0.15, 0.2) is 5.78 Å². The molecule has 0 amide bonds. The van der Waals surface area contributed by atoms with Crippen LogP contribution in [0, 0.1) is 0 Å². The number of methoxy groups -OCH3 is 1. The molecule has 110 valence electrons. The molecule has 2 unspecified atom stereocenters. The van der Waals surface area contributed by atoms with Gasteiger partial charge in [0.1, 0.15) is 5.75 Å². The predicted octanol–water partition coefficient (Wildman–Crippen LogP) is 5.54. The third-order valence-electron chi connectivity index (χ3n) is 3.05. The number of carbonyl (C=O) groups is 1. The zero-order valence-electron chi connectivity index (χ0n) is 11.2. The highest BCUT2D eigenvalue weighted by molar-refractivity contribution is 9.12. The van der Waals surface area contributed by atoms with E-state index in [1.807, 2.05) is 24.3 Å². The summed E-state index contributed by atoms with van der Waals surface area (Å²) in [5, 5.41) is 0. The molecule has 0 bridgehead atoms. The normalized spacial score (nSPS) is 13.5. The first kappa shape index (κ1) is 16.7. The largest absolute Gasteiger partial charge is 0.497 e. The van der Waals surface area contributed by atoms with E-state index in [1.165, 1.54) is 0 Å². The molecule has 0 aliphatic heterocycles. The average molecular weight is 477 g/mol. The van der Waals surface area contributed by atoms with Gasteiger partial charge in [-0.2, -0.15) is 0 Å². The summed E-state index contributed by atoms with van der Waals surface area (Å²) < 4.78 is 6.09. The minimum atomic E-state index is -0.347. The van der Waals surface area contributed by atoms with Crippen molar-refractivity contribution in [3.8, 4) is 5.75 Å². The Kier molecular flexibility index (Phi) is 6.02. The quantitative estimate of drug-likeness (QED) is 0.418. The molecular weight excluding hydrogens is 464 g/mol. The van der Waals surface area contributed by atoms with Crippen LogP contribution >= 0.6 is 47.8 Å². The lowest BCUT2D eigenvalue weighted by Crippen LogP contribution is -2.19. The lowest BCUT2D eigenvalue weighted by Gasteiger charge is -2.16. The van der Waals surface area contributed by atoms with Crippen LogP contribution in [0.3, 0.4) is 0 Å². The SMILES string of the molecule is COc1ccc(C(=O)C(Br)C(Br)c2cccc(Br)c2)cc1. The standard InChI is InChI=1S/C16H13Br3O2/c1-21-13-7-5-10(6-8-13)16(20)15(19)14(18)11-3-2-4-12(17)9-11/h2-9,14-15H,1H3. The third-order valence-corrected chi connectivity index (χ3v) is 6.25. The van der Waals surface area contributed by atoms with E-state index >= 15 is 0 Å². The Morgan fingerprint density at radius 2 is 1.76 bits per heavy atom. The lowest BCUT2D eigenvalue weighted by atomic mass is 10.0. The second-order valence-electron chi connectivity index (χ2n) is 4.45. The van der Waals surface area contributed by atoms with Gasteiger partial charge in [-0.1, -0.05) is 59.9 Å². The number of hydrogen-bond acceptors (Lipinski definition) is 2. The molecule has 2 atom stereocenters. The van der Waals surface area contributed by atoms with Gasteiger partial charge < -0.3 is 4.74 Å². The molecule has 2 aromatic rings.